The van der Waals surface area contributed by atoms with Crippen LogP contribution >= 0.6 is 11.8 Å². The predicted octanol–water partition coefficient (Wildman–Crippen LogP) is 4.79. The number of carbonyl (C=O) groups is 2. The maximum Gasteiger partial charge on any atom is 0.233 e. The van der Waals surface area contributed by atoms with Gasteiger partial charge in [0.15, 0.2) is 11.0 Å². The number of benzene rings is 2. The number of thioether (sulfide) groups is 1. The molecule has 8 rings (SSSR count). The SMILES string of the molecule is O=C(CSc1nnc(CNC(=O)C23CC4CC(CC(C4)C2)C3)n1CCc1ccccc1)N1CCN(c2ccccc2)CC1. The lowest BCUT2D eigenvalue weighted by Crippen LogP contribution is -2.53. The molecule has 0 radical (unpaired) electrons. The van der Waals surface area contributed by atoms with Gasteiger partial charge in [-0.25, -0.2) is 0 Å². The summed E-state index contributed by atoms with van der Waals surface area (Å²) >= 11 is 1.46. The molecule has 4 aliphatic carbocycles. The zero-order valence-electron chi connectivity index (χ0n) is 24.9. The van der Waals surface area contributed by atoms with Crippen LogP contribution in [0.25, 0.3) is 0 Å². The van der Waals surface area contributed by atoms with Gasteiger partial charge in [0, 0.05) is 43.8 Å². The van der Waals surface area contributed by atoms with Crippen LogP contribution in [-0.4, -0.2) is 63.4 Å². The fourth-order valence-corrected chi connectivity index (χ4v) is 9.36. The molecule has 8 nitrogen and oxygen atoms in total. The second kappa shape index (κ2) is 12.3. The van der Waals surface area contributed by atoms with E-state index in [0.29, 0.717) is 18.8 Å². The van der Waals surface area contributed by atoms with Crippen LogP contribution < -0.4 is 10.2 Å². The average molecular weight is 599 g/mol. The summed E-state index contributed by atoms with van der Waals surface area (Å²) in [5.41, 5.74) is 2.26. The van der Waals surface area contributed by atoms with E-state index in [2.05, 4.69) is 73.5 Å². The van der Waals surface area contributed by atoms with Crippen LogP contribution in [0.4, 0.5) is 5.69 Å². The molecular weight excluding hydrogens is 556 g/mol. The number of aromatic nitrogens is 3. The van der Waals surface area contributed by atoms with Crippen molar-refractivity contribution in [2.24, 2.45) is 23.2 Å². The molecule has 0 atom stereocenters. The molecule has 1 aromatic heterocycles. The van der Waals surface area contributed by atoms with Crippen molar-refractivity contribution < 1.29 is 9.59 Å². The van der Waals surface area contributed by atoms with Gasteiger partial charge in [0.25, 0.3) is 0 Å². The Kier molecular flexibility index (Phi) is 8.17. The zero-order chi connectivity index (χ0) is 29.2. The van der Waals surface area contributed by atoms with Crippen molar-refractivity contribution in [2.75, 3.05) is 36.8 Å². The summed E-state index contributed by atoms with van der Waals surface area (Å²) in [6.07, 6.45) is 7.95. The highest BCUT2D eigenvalue weighted by Gasteiger charge is 2.54. The molecule has 4 saturated carbocycles. The smallest absolute Gasteiger partial charge is 0.233 e. The standard InChI is InChI=1S/C34H42N6O2S/c41-31(39-15-13-38(14-16-39)29-9-5-2-6-10-29)24-43-33-37-36-30(40(33)12-11-25-7-3-1-4-8-25)23-35-32(42)34-20-26-17-27(21-34)19-28(18-26)22-34/h1-10,26-28H,11-24H2,(H,35,42). The minimum absolute atomic E-state index is 0.131. The van der Waals surface area contributed by atoms with Gasteiger partial charge in [-0.3, -0.25) is 9.59 Å². The lowest BCUT2D eigenvalue weighted by Gasteiger charge is -2.55. The first-order chi connectivity index (χ1) is 21.0. The molecule has 5 aliphatic rings. The van der Waals surface area contributed by atoms with Crippen molar-refractivity contribution in [3.8, 4) is 0 Å². The highest BCUT2D eigenvalue weighted by atomic mass is 32.2. The minimum atomic E-state index is -0.182. The first kappa shape index (κ1) is 28.4. The van der Waals surface area contributed by atoms with Gasteiger partial charge in [0.2, 0.25) is 11.8 Å². The van der Waals surface area contributed by atoms with E-state index in [1.807, 2.05) is 17.0 Å². The Morgan fingerprint density at radius 2 is 1.47 bits per heavy atom. The van der Waals surface area contributed by atoms with E-state index in [1.54, 1.807) is 0 Å². The number of anilines is 1. The van der Waals surface area contributed by atoms with Crippen molar-refractivity contribution in [1.29, 1.82) is 0 Å². The monoisotopic (exact) mass is 598 g/mol. The van der Waals surface area contributed by atoms with Crippen LogP contribution in [0.1, 0.15) is 49.9 Å². The van der Waals surface area contributed by atoms with E-state index in [4.69, 9.17) is 0 Å². The Hall–Kier alpha value is -3.33. The largest absolute Gasteiger partial charge is 0.368 e. The number of hydrogen-bond donors (Lipinski definition) is 1. The molecule has 1 aliphatic heterocycles. The molecule has 5 fully saturated rings. The van der Waals surface area contributed by atoms with Crippen LogP contribution in [0, 0.1) is 23.2 Å². The van der Waals surface area contributed by atoms with E-state index in [0.717, 1.165) is 80.6 Å². The summed E-state index contributed by atoms with van der Waals surface area (Å²) in [6, 6.07) is 20.8. The number of carbonyl (C=O) groups excluding carboxylic acids is 2. The number of piperazine rings is 1. The third kappa shape index (κ3) is 6.19. The first-order valence-corrected chi connectivity index (χ1v) is 17.0. The predicted molar refractivity (Wildman–Crippen MR) is 169 cm³/mol. The molecule has 1 saturated heterocycles. The second-order valence-corrected chi connectivity index (χ2v) is 14.1. The average Bonchev–Trinajstić information content (AvgIpc) is 3.43. The van der Waals surface area contributed by atoms with Crippen molar-refractivity contribution >= 4 is 29.3 Å². The Bertz CT molecular complexity index is 1380. The van der Waals surface area contributed by atoms with Gasteiger partial charge < -0.3 is 19.7 Å². The van der Waals surface area contributed by atoms with E-state index in [9.17, 15) is 9.59 Å². The normalized spacial score (nSPS) is 26.1. The van der Waals surface area contributed by atoms with E-state index in [1.165, 1.54) is 42.3 Å². The summed E-state index contributed by atoms with van der Waals surface area (Å²) in [4.78, 5) is 31.1. The summed E-state index contributed by atoms with van der Waals surface area (Å²) in [7, 11) is 0. The van der Waals surface area contributed by atoms with Crippen molar-refractivity contribution in [1.82, 2.24) is 25.0 Å². The van der Waals surface area contributed by atoms with Gasteiger partial charge in [-0.1, -0.05) is 60.3 Å². The molecule has 4 bridgehead atoms. The Morgan fingerprint density at radius 3 is 2.12 bits per heavy atom. The number of aryl methyl sites for hydroxylation is 1. The van der Waals surface area contributed by atoms with Crippen LogP contribution in [0.5, 0.6) is 0 Å². The molecule has 3 aromatic rings. The number of amides is 2. The van der Waals surface area contributed by atoms with Crippen molar-refractivity contribution in [2.45, 2.75) is 63.2 Å². The third-order valence-corrected chi connectivity index (χ3v) is 11.2. The van der Waals surface area contributed by atoms with Crippen molar-refractivity contribution in [3.05, 3.63) is 72.1 Å². The summed E-state index contributed by atoms with van der Waals surface area (Å²) in [5, 5.41) is 13.1. The Labute approximate surface area is 258 Å². The number of rotatable bonds is 10. The fraction of sp³-hybridized carbons (Fsp3) is 0.529. The van der Waals surface area contributed by atoms with Gasteiger partial charge in [-0.15, -0.1) is 10.2 Å². The molecule has 2 heterocycles. The number of para-hydroxylation sites is 1. The number of nitrogens with one attached hydrogen (secondary N) is 1. The third-order valence-electron chi connectivity index (χ3n) is 10.3. The Balaban J connectivity index is 0.990. The van der Waals surface area contributed by atoms with Gasteiger partial charge in [-0.05, 0) is 80.4 Å². The second-order valence-electron chi connectivity index (χ2n) is 13.2. The van der Waals surface area contributed by atoms with Crippen LogP contribution in [0.15, 0.2) is 65.8 Å². The minimum Gasteiger partial charge on any atom is -0.368 e. The van der Waals surface area contributed by atoms with Gasteiger partial charge in [0.05, 0.1) is 12.3 Å². The molecular formula is C34H42N6O2S. The number of nitrogens with zero attached hydrogens (tertiary/aromatic N) is 5. The van der Waals surface area contributed by atoms with Crippen molar-refractivity contribution in [3.63, 3.8) is 0 Å². The quantitative estimate of drug-likeness (QED) is 0.338. The zero-order valence-corrected chi connectivity index (χ0v) is 25.7. The van der Waals surface area contributed by atoms with E-state index in [-0.39, 0.29) is 17.2 Å². The molecule has 1 N–H and O–H groups in total. The van der Waals surface area contributed by atoms with Crippen LogP contribution in [-0.2, 0) is 29.1 Å². The van der Waals surface area contributed by atoms with Crippen LogP contribution in [0.2, 0.25) is 0 Å². The van der Waals surface area contributed by atoms with E-state index < -0.39 is 0 Å². The Morgan fingerprint density at radius 1 is 0.837 bits per heavy atom. The van der Waals surface area contributed by atoms with Crippen LogP contribution in [0.3, 0.4) is 0 Å². The number of hydrogen-bond acceptors (Lipinski definition) is 6. The lowest BCUT2D eigenvalue weighted by molar-refractivity contribution is -0.146. The maximum absolute atomic E-state index is 13.6. The lowest BCUT2D eigenvalue weighted by atomic mass is 9.49. The van der Waals surface area contributed by atoms with Gasteiger partial charge in [-0.2, -0.15) is 0 Å². The maximum atomic E-state index is 13.6. The van der Waals surface area contributed by atoms with Gasteiger partial charge >= 0.3 is 0 Å². The molecule has 226 valence electrons. The highest BCUT2D eigenvalue weighted by Crippen LogP contribution is 2.60. The first-order valence-electron chi connectivity index (χ1n) is 16.0. The molecule has 2 amide bonds. The summed E-state index contributed by atoms with van der Waals surface area (Å²) < 4.78 is 2.11. The molecule has 9 heteroatoms. The topological polar surface area (TPSA) is 83.4 Å². The highest BCUT2D eigenvalue weighted by molar-refractivity contribution is 7.99. The molecule has 0 spiro atoms. The fourth-order valence-electron chi connectivity index (χ4n) is 8.47. The summed E-state index contributed by atoms with van der Waals surface area (Å²) in [5.74, 6) is 3.62. The van der Waals surface area contributed by atoms with E-state index >= 15 is 0 Å². The molecule has 2 aromatic carbocycles. The molecule has 0 unspecified atom stereocenters. The molecule has 43 heavy (non-hydrogen) atoms. The summed E-state index contributed by atoms with van der Waals surface area (Å²) in [6.45, 7) is 4.18. The van der Waals surface area contributed by atoms with Gasteiger partial charge in [0.1, 0.15) is 0 Å².